The summed E-state index contributed by atoms with van der Waals surface area (Å²) in [6.45, 7) is 2.08. The number of hydrogen-bond acceptors (Lipinski definition) is 4. The molecule has 0 aliphatic rings. The topological polar surface area (TPSA) is 43.1 Å². The van der Waals surface area contributed by atoms with Crippen molar-refractivity contribution in [1.29, 1.82) is 0 Å². The average molecular weight is 256 g/mol. The molecule has 0 N–H and O–H groups in total. The van der Waals surface area contributed by atoms with Gasteiger partial charge < -0.3 is 0 Å². The van der Waals surface area contributed by atoms with E-state index in [1.165, 1.54) is 17.3 Å². The molecule has 0 atom stereocenters. The fourth-order valence-corrected chi connectivity index (χ4v) is 2.14. The van der Waals surface area contributed by atoms with Crippen molar-refractivity contribution in [3.8, 4) is 11.3 Å². The molecule has 0 spiro atoms. The Morgan fingerprint density at radius 1 is 1.11 bits per heavy atom. The molecule has 0 saturated heterocycles. The van der Waals surface area contributed by atoms with Crippen LogP contribution >= 0.6 is 11.8 Å². The predicted octanol–water partition coefficient (Wildman–Crippen LogP) is 2.82. The fraction of sp³-hybridized carbons (Fsp3) is 0.154. The summed E-state index contributed by atoms with van der Waals surface area (Å²) in [7, 11) is 0. The van der Waals surface area contributed by atoms with Crippen LogP contribution < -0.4 is 0 Å². The van der Waals surface area contributed by atoms with Crippen molar-refractivity contribution in [3.63, 3.8) is 0 Å². The van der Waals surface area contributed by atoms with E-state index in [1.807, 2.05) is 12.3 Å². The van der Waals surface area contributed by atoms with E-state index in [2.05, 4.69) is 46.3 Å². The first-order valence-corrected chi connectivity index (χ1v) is 6.83. The molecule has 0 aliphatic carbocycles. The molecule has 0 saturated carbocycles. The molecule has 3 aromatic rings. The van der Waals surface area contributed by atoms with Crippen molar-refractivity contribution >= 4 is 17.5 Å². The molecule has 0 unspecified atom stereocenters. The van der Waals surface area contributed by atoms with E-state index >= 15 is 0 Å². The molecular formula is C13H12N4S. The second-order valence-electron chi connectivity index (χ2n) is 4.01. The Labute approximate surface area is 109 Å². The number of aromatic nitrogens is 4. The van der Waals surface area contributed by atoms with E-state index in [-0.39, 0.29) is 0 Å². The Balaban J connectivity index is 2.22. The summed E-state index contributed by atoms with van der Waals surface area (Å²) < 4.78 is 1.79. The Morgan fingerprint density at radius 3 is 2.61 bits per heavy atom. The molecule has 1 aromatic carbocycles. The van der Waals surface area contributed by atoms with Gasteiger partial charge in [0.25, 0.3) is 5.78 Å². The number of nitrogens with zero attached hydrogens (tertiary/aromatic N) is 4. The van der Waals surface area contributed by atoms with Crippen LogP contribution in [0.15, 0.2) is 41.7 Å². The summed E-state index contributed by atoms with van der Waals surface area (Å²) in [5, 5.41) is 5.17. The van der Waals surface area contributed by atoms with Crippen molar-refractivity contribution in [3.05, 3.63) is 42.1 Å². The van der Waals surface area contributed by atoms with E-state index in [0.717, 1.165) is 16.4 Å². The van der Waals surface area contributed by atoms with Gasteiger partial charge in [0.05, 0.1) is 5.69 Å². The summed E-state index contributed by atoms with van der Waals surface area (Å²) in [6, 6.07) is 10.3. The highest BCUT2D eigenvalue weighted by Gasteiger charge is 2.08. The van der Waals surface area contributed by atoms with Crippen LogP contribution in [0.3, 0.4) is 0 Å². The van der Waals surface area contributed by atoms with Crippen LogP contribution in [0.1, 0.15) is 5.56 Å². The highest BCUT2D eigenvalue weighted by molar-refractivity contribution is 7.98. The maximum atomic E-state index is 4.44. The third-order valence-corrected chi connectivity index (χ3v) is 3.29. The first kappa shape index (κ1) is 11.2. The second kappa shape index (κ2) is 4.42. The first-order valence-electron chi connectivity index (χ1n) is 5.61. The van der Waals surface area contributed by atoms with Crippen molar-refractivity contribution < 1.29 is 0 Å². The monoisotopic (exact) mass is 256 g/mol. The molecule has 5 heteroatoms. The molecule has 2 heterocycles. The minimum Gasteiger partial charge on any atom is -0.220 e. The normalized spacial score (nSPS) is 11.0. The zero-order valence-electron chi connectivity index (χ0n) is 10.2. The smallest absolute Gasteiger partial charge is 0.220 e. The zero-order chi connectivity index (χ0) is 12.5. The van der Waals surface area contributed by atoms with Gasteiger partial charge in [0.15, 0.2) is 0 Å². The molecule has 2 aromatic heterocycles. The number of benzene rings is 1. The van der Waals surface area contributed by atoms with E-state index in [4.69, 9.17) is 0 Å². The van der Waals surface area contributed by atoms with Gasteiger partial charge >= 0.3 is 0 Å². The molecular weight excluding hydrogens is 244 g/mol. The van der Waals surface area contributed by atoms with E-state index in [9.17, 15) is 0 Å². The van der Waals surface area contributed by atoms with Crippen molar-refractivity contribution in [1.82, 2.24) is 19.6 Å². The van der Waals surface area contributed by atoms with Crippen molar-refractivity contribution in [2.24, 2.45) is 0 Å². The van der Waals surface area contributed by atoms with Crippen LogP contribution in [-0.2, 0) is 0 Å². The summed E-state index contributed by atoms with van der Waals surface area (Å²) in [5.74, 6) is 0.637. The molecule has 90 valence electrons. The minimum atomic E-state index is 0.637. The molecule has 18 heavy (non-hydrogen) atoms. The third-order valence-electron chi connectivity index (χ3n) is 2.75. The van der Waals surface area contributed by atoms with E-state index in [1.54, 1.807) is 10.7 Å². The Hall–Kier alpha value is -1.88. The summed E-state index contributed by atoms with van der Waals surface area (Å²) in [4.78, 5) is 8.57. The maximum Gasteiger partial charge on any atom is 0.253 e. The molecule has 3 rings (SSSR count). The van der Waals surface area contributed by atoms with E-state index < -0.39 is 0 Å². The Bertz CT molecular complexity index is 688. The van der Waals surface area contributed by atoms with Gasteiger partial charge in [-0.2, -0.15) is 9.50 Å². The third kappa shape index (κ3) is 1.86. The predicted molar refractivity (Wildman–Crippen MR) is 72.7 cm³/mol. The Morgan fingerprint density at radius 2 is 1.89 bits per heavy atom. The second-order valence-corrected chi connectivity index (χ2v) is 4.78. The Kier molecular flexibility index (Phi) is 2.76. The van der Waals surface area contributed by atoms with Gasteiger partial charge in [0.2, 0.25) is 5.16 Å². The van der Waals surface area contributed by atoms with Crippen molar-refractivity contribution in [2.75, 3.05) is 6.26 Å². The number of thioether (sulfide) groups is 1. The zero-order valence-corrected chi connectivity index (χ0v) is 11.0. The number of rotatable bonds is 2. The lowest BCUT2D eigenvalue weighted by Crippen LogP contribution is -1.95. The van der Waals surface area contributed by atoms with Gasteiger partial charge in [-0.3, -0.25) is 0 Å². The molecule has 0 amide bonds. The lowest BCUT2D eigenvalue weighted by molar-refractivity contribution is 0.887. The lowest BCUT2D eigenvalue weighted by Gasteiger charge is -2.03. The fourth-order valence-electron chi connectivity index (χ4n) is 1.81. The summed E-state index contributed by atoms with van der Waals surface area (Å²) in [6.07, 6.45) is 3.73. The maximum absolute atomic E-state index is 4.44. The van der Waals surface area contributed by atoms with Crippen LogP contribution in [0, 0.1) is 6.92 Å². The SMILES string of the molecule is CSc1nc2nccc(-c3ccc(C)cc3)n2n1. The quantitative estimate of drug-likeness (QED) is 0.661. The summed E-state index contributed by atoms with van der Waals surface area (Å²) >= 11 is 1.52. The van der Waals surface area contributed by atoms with E-state index in [0.29, 0.717) is 5.78 Å². The number of hydrogen-bond donors (Lipinski definition) is 0. The molecule has 0 bridgehead atoms. The van der Waals surface area contributed by atoms with Crippen LogP contribution in [0.5, 0.6) is 0 Å². The molecule has 0 fully saturated rings. The summed E-state index contributed by atoms with van der Waals surface area (Å²) in [5.41, 5.74) is 3.37. The molecule has 0 aliphatic heterocycles. The van der Waals surface area contributed by atoms with Crippen LogP contribution in [-0.4, -0.2) is 25.8 Å². The average Bonchev–Trinajstić information content (AvgIpc) is 2.82. The molecule has 4 nitrogen and oxygen atoms in total. The van der Waals surface area contributed by atoms with Gasteiger partial charge in [-0.25, -0.2) is 4.98 Å². The van der Waals surface area contributed by atoms with Crippen LogP contribution in [0.2, 0.25) is 0 Å². The first-order chi connectivity index (χ1) is 8.78. The molecule has 0 radical (unpaired) electrons. The van der Waals surface area contributed by atoms with Gasteiger partial charge in [0.1, 0.15) is 0 Å². The number of aryl methyl sites for hydroxylation is 1. The van der Waals surface area contributed by atoms with Crippen LogP contribution in [0.4, 0.5) is 0 Å². The van der Waals surface area contributed by atoms with Gasteiger partial charge in [-0.05, 0) is 19.2 Å². The standard InChI is InChI=1S/C13H12N4S/c1-9-3-5-10(6-4-9)11-7-8-14-12-15-13(18-2)16-17(11)12/h3-8H,1-2H3. The largest absolute Gasteiger partial charge is 0.253 e. The highest BCUT2D eigenvalue weighted by Crippen LogP contribution is 2.20. The highest BCUT2D eigenvalue weighted by atomic mass is 32.2. The van der Waals surface area contributed by atoms with Gasteiger partial charge in [0, 0.05) is 11.8 Å². The van der Waals surface area contributed by atoms with Crippen LogP contribution in [0.25, 0.3) is 17.0 Å². The number of fused-ring (bicyclic) bond motifs is 1. The van der Waals surface area contributed by atoms with Crippen molar-refractivity contribution in [2.45, 2.75) is 12.1 Å². The minimum absolute atomic E-state index is 0.637. The lowest BCUT2D eigenvalue weighted by atomic mass is 10.1. The van der Waals surface area contributed by atoms with Gasteiger partial charge in [-0.15, -0.1) is 5.10 Å². The van der Waals surface area contributed by atoms with Gasteiger partial charge in [-0.1, -0.05) is 41.6 Å².